The van der Waals surface area contributed by atoms with Crippen LogP contribution >= 0.6 is 0 Å². The summed E-state index contributed by atoms with van der Waals surface area (Å²) in [6, 6.07) is 0. The van der Waals surface area contributed by atoms with Crippen LogP contribution < -0.4 is 0 Å². The summed E-state index contributed by atoms with van der Waals surface area (Å²) in [6.45, 7) is 8.85. The molecule has 0 saturated heterocycles. The van der Waals surface area contributed by atoms with E-state index in [4.69, 9.17) is 0 Å². The first kappa shape index (κ1) is 81.7. The Morgan fingerprint density at radius 3 is 0.388 bits per heavy atom. The molecule has 0 saturated carbocycles. The second-order valence-electron chi connectivity index (χ2n) is 17.8. The Bertz CT molecular complexity index is 1160. The van der Waals surface area contributed by atoms with Crippen molar-refractivity contribution in [2.45, 2.75) is 285 Å². The van der Waals surface area contributed by atoms with E-state index in [0.717, 1.165) is 51.4 Å². The molecule has 0 aliphatic heterocycles. The zero-order chi connectivity index (χ0) is 49.1. The molecular formula is C48H100Fe2O13S4. The molecular weight excluding hydrogens is 1020 g/mol. The molecule has 0 amide bonds. The fraction of sp³-hybridized carbons (Fsp3) is 1.00. The van der Waals surface area contributed by atoms with E-state index in [1.165, 1.54) is 180 Å². The van der Waals surface area contributed by atoms with Crippen molar-refractivity contribution in [2.24, 2.45) is 0 Å². The van der Waals surface area contributed by atoms with Crippen LogP contribution in [0.4, 0.5) is 0 Å². The average molecular weight is 1130 g/mol. The normalized spacial score (nSPS) is 11.3. The summed E-state index contributed by atoms with van der Waals surface area (Å²) in [6.07, 6.45) is 45.8. The number of unbranched alkanes of at least 4 members (excludes halogenated alkanes) is 36. The molecule has 67 heavy (non-hydrogen) atoms. The van der Waals surface area contributed by atoms with Crippen LogP contribution in [0.5, 0.6) is 0 Å². The molecule has 0 atom stereocenters. The van der Waals surface area contributed by atoms with Gasteiger partial charge >= 0.3 is 34.1 Å². The summed E-state index contributed by atoms with van der Waals surface area (Å²) in [4.78, 5) is 0. The van der Waals surface area contributed by atoms with Gasteiger partial charge in [-0.25, -0.2) is 33.7 Å². The second kappa shape index (κ2) is 60.9. The third-order valence-electron chi connectivity index (χ3n) is 11.0. The molecule has 13 nitrogen and oxygen atoms in total. The van der Waals surface area contributed by atoms with Crippen molar-refractivity contribution in [1.82, 2.24) is 0 Å². The average Bonchev–Trinajstić information content (AvgIpc) is 3.20. The summed E-state index contributed by atoms with van der Waals surface area (Å²) in [7, 11) is -15.9. The summed E-state index contributed by atoms with van der Waals surface area (Å²) in [5.74, 6) is -0.764. The van der Waals surface area contributed by atoms with Crippen LogP contribution in [0.1, 0.15) is 285 Å². The second-order valence-corrected chi connectivity index (χ2v) is 23.9. The van der Waals surface area contributed by atoms with Gasteiger partial charge < -0.3 is 23.7 Å². The molecule has 0 N–H and O–H groups in total. The van der Waals surface area contributed by atoms with Crippen molar-refractivity contribution >= 4 is 40.5 Å². The molecule has 0 aliphatic rings. The summed E-state index contributed by atoms with van der Waals surface area (Å²) >= 11 is 0. The van der Waals surface area contributed by atoms with E-state index in [1.54, 1.807) is 0 Å². The molecule has 19 heteroatoms. The van der Waals surface area contributed by atoms with Gasteiger partial charge in [0.1, 0.15) is 0 Å². The van der Waals surface area contributed by atoms with Gasteiger partial charge in [0.15, 0.2) is 0 Å². The van der Waals surface area contributed by atoms with E-state index < -0.39 is 40.5 Å². The molecule has 0 spiro atoms. The molecule has 0 bridgehead atoms. The summed E-state index contributed by atoms with van der Waals surface area (Å²) in [5.41, 5.74) is 0. The van der Waals surface area contributed by atoms with Crippen LogP contribution in [0.2, 0.25) is 0 Å². The van der Waals surface area contributed by atoms with Gasteiger partial charge in [0.25, 0.3) is 0 Å². The van der Waals surface area contributed by atoms with Crippen LogP contribution in [-0.2, 0) is 80.1 Å². The van der Waals surface area contributed by atoms with E-state index in [-0.39, 0.29) is 62.6 Å². The van der Waals surface area contributed by atoms with Gasteiger partial charge in [0.05, 0.1) is 40.5 Å². The quantitative estimate of drug-likeness (QED) is 0.0313. The van der Waals surface area contributed by atoms with Crippen LogP contribution in [-0.4, -0.2) is 74.9 Å². The Morgan fingerprint density at radius 2 is 0.299 bits per heavy atom. The van der Waals surface area contributed by atoms with E-state index in [2.05, 4.69) is 27.7 Å². The zero-order valence-electron chi connectivity index (χ0n) is 42.8. The Morgan fingerprint density at radius 1 is 0.209 bits per heavy atom. The largest absolute Gasteiger partial charge is 3.00 e. The van der Waals surface area contributed by atoms with Gasteiger partial charge in [-0.15, -0.1) is 0 Å². The van der Waals surface area contributed by atoms with Crippen molar-refractivity contribution < 1.29 is 91.5 Å². The minimum Gasteiger partial charge on any atom is -2.00 e. The van der Waals surface area contributed by atoms with Gasteiger partial charge in [-0.05, 0) is 25.7 Å². The molecule has 0 fully saturated rings. The Labute approximate surface area is 436 Å². The molecule has 0 heterocycles. The fourth-order valence-corrected chi connectivity index (χ4v) is 9.30. The minimum atomic E-state index is -3.98. The Hall–Kier alpha value is 0.639. The van der Waals surface area contributed by atoms with E-state index in [0.29, 0.717) is 25.7 Å². The van der Waals surface area contributed by atoms with Crippen LogP contribution in [0.15, 0.2) is 0 Å². The monoisotopic (exact) mass is 1120 g/mol. The molecule has 0 aromatic carbocycles. The molecule has 0 aliphatic carbocycles. The SMILES string of the molecule is CCCCCCCCCCCCS(=O)(=O)[O-].CCCCCCCCCCCCS(=O)(=O)[O-].CCCCCCCCCCCCS(=O)(=O)[O-].CCCCCCCCCCCCS(=O)(=O)[O-].[Fe+3].[Fe+3].[O-2]. The number of hydrogen-bond acceptors (Lipinski definition) is 12. The first-order valence-corrected chi connectivity index (χ1v) is 32.3. The first-order chi connectivity index (χ1) is 30.2. The van der Waals surface area contributed by atoms with E-state index in [1.807, 2.05) is 0 Å². The van der Waals surface area contributed by atoms with E-state index >= 15 is 0 Å². The standard InChI is InChI=1S/4C12H26O3S.2Fe.O/c4*1-2-3-4-5-6-7-8-9-10-11-12-16(13,14)15;;;/h4*2-12H2,1H3,(H,13,14,15);;;/q;;;;2*+3;-2/p-4. The Balaban J connectivity index is -0.000000141. The van der Waals surface area contributed by atoms with Gasteiger partial charge in [-0.2, -0.15) is 0 Å². The van der Waals surface area contributed by atoms with Crippen LogP contribution in [0, 0.1) is 0 Å². The number of rotatable bonds is 44. The van der Waals surface area contributed by atoms with Crippen LogP contribution in [0.3, 0.4) is 0 Å². The van der Waals surface area contributed by atoms with E-state index in [9.17, 15) is 51.9 Å². The molecule has 0 aromatic rings. The third-order valence-corrected chi connectivity index (χ3v) is 14.1. The van der Waals surface area contributed by atoms with Gasteiger partial charge in [-0.3, -0.25) is 0 Å². The van der Waals surface area contributed by atoms with Crippen molar-refractivity contribution in [2.75, 3.05) is 23.0 Å². The van der Waals surface area contributed by atoms with Crippen molar-refractivity contribution in [3.05, 3.63) is 0 Å². The predicted molar refractivity (Wildman–Crippen MR) is 266 cm³/mol. The molecule has 0 unspecified atom stereocenters. The molecule has 410 valence electrons. The smallest absolute Gasteiger partial charge is 2.00 e. The molecule has 0 rings (SSSR count). The van der Waals surface area contributed by atoms with Gasteiger partial charge in [0.2, 0.25) is 0 Å². The van der Waals surface area contributed by atoms with Crippen molar-refractivity contribution in [3.63, 3.8) is 0 Å². The zero-order valence-corrected chi connectivity index (χ0v) is 48.2. The maximum atomic E-state index is 10.3. The molecule has 2 radical (unpaired) electrons. The topological polar surface area (TPSA) is 257 Å². The van der Waals surface area contributed by atoms with Crippen molar-refractivity contribution in [3.8, 4) is 0 Å². The predicted octanol–water partition coefficient (Wildman–Crippen LogP) is 13.7. The molecule has 0 aromatic heterocycles. The van der Waals surface area contributed by atoms with Crippen molar-refractivity contribution in [1.29, 1.82) is 0 Å². The maximum absolute atomic E-state index is 10.3. The summed E-state index contributed by atoms with van der Waals surface area (Å²) in [5, 5.41) is 0. The van der Waals surface area contributed by atoms with Gasteiger partial charge in [0, 0.05) is 23.0 Å². The first-order valence-electron chi connectivity index (χ1n) is 26.0. The van der Waals surface area contributed by atoms with Crippen LogP contribution in [0.25, 0.3) is 0 Å². The summed E-state index contributed by atoms with van der Waals surface area (Å²) < 4.78 is 124. The third kappa shape index (κ3) is 100. The van der Waals surface area contributed by atoms with Gasteiger partial charge in [-0.1, -0.05) is 259 Å². The Kier molecular flexibility index (Phi) is 74.3. The minimum absolute atomic E-state index is 0. The number of hydrogen-bond donors (Lipinski definition) is 0. The maximum Gasteiger partial charge on any atom is 3.00 e. The fourth-order valence-electron chi connectivity index (χ4n) is 7.07.